The number of carbonyl (C=O) groups is 12. The molecule has 0 radical (unpaired) electrons. The molecule has 19 atom stereocenters. The van der Waals surface area contributed by atoms with E-state index in [2.05, 4.69) is 5.92 Å². The first kappa shape index (κ1) is 70.2. The Morgan fingerprint density at radius 2 is 0.871 bits per heavy atom. The minimum atomic E-state index is -2.01. The number of hydrogen-bond donors (Lipinski definition) is 0. The standard InChI is InChI=1S/C55H75NO29/c1-16-17-18-19-69-53-51(80-36(14)67)49(78-34(12)65)46(40(82-53)22-71-28(6)59)85-55-52(81-37(15)68)50(79-35(13)66)47(41(83-55)23-72-29(7)60)84-54-43(74-30(8)61)24(2)42(25(3)73-54)56(26(4)57)39-20-38(21-70-27(5)58)44(75-31(9)62)48(77-33(11)64)45(39)76-32(10)63/h1,20,24-25,39-55H,17-19,21-23H2,2-15H3/t24?,25?,39-,40?,41?,42-,43-,44+,45-,46+,47+,48-,49?,50?,51-,52-,53+,54+,55+/m0/s1. The van der Waals surface area contributed by atoms with Gasteiger partial charge in [-0.3, -0.25) is 57.5 Å². The minimum Gasteiger partial charge on any atom is -0.463 e. The van der Waals surface area contributed by atoms with Crippen LogP contribution in [0, 0.1) is 18.3 Å². The van der Waals surface area contributed by atoms with Gasteiger partial charge in [0, 0.05) is 101 Å². The molecule has 0 aromatic carbocycles. The third-order valence-corrected chi connectivity index (χ3v) is 13.1. The van der Waals surface area contributed by atoms with Crippen LogP contribution in [0.15, 0.2) is 11.6 Å². The molecular weight excluding hydrogens is 1140 g/mol. The summed E-state index contributed by atoms with van der Waals surface area (Å²) in [5.41, 5.74) is -0.00408. The minimum absolute atomic E-state index is 0.00408. The fourth-order valence-corrected chi connectivity index (χ4v) is 10.3. The fourth-order valence-electron chi connectivity index (χ4n) is 10.3. The van der Waals surface area contributed by atoms with Crippen LogP contribution in [0.5, 0.6) is 0 Å². The van der Waals surface area contributed by atoms with Gasteiger partial charge in [0.25, 0.3) is 0 Å². The maximum Gasteiger partial charge on any atom is 0.303 e. The Morgan fingerprint density at radius 1 is 0.471 bits per heavy atom. The number of unbranched alkanes of at least 4 members (excludes halogenated alkanes) is 1. The Balaban J connectivity index is 1.92. The highest BCUT2D eigenvalue weighted by atomic mass is 16.8. The summed E-state index contributed by atoms with van der Waals surface area (Å²) >= 11 is 0. The molecular formula is C55H75NO29. The van der Waals surface area contributed by atoms with Gasteiger partial charge in [0.05, 0.1) is 24.8 Å². The smallest absolute Gasteiger partial charge is 0.303 e. The molecule has 0 aromatic rings. The molecule has 474 valence electrons. The average molecular weight is 1210 g/mol. The van der Waals surface area contributed by atoms with Gasteiger partial charge in [0.2, 0.25) is 5.91 Å². The topological polar surface area (TPSA) is 365 Å². The lowest BCUT2D eigenvalue weighted by Crippen LogP contribution is -2.69. The third kappa shape index (κ3) is 20.2. The fraction of sp³-hybridized carbons (Fsp3) is 0.709. The monoisotopic (exact) mass is 1210 g/mol. The molecule has 3 saturated heterocycles. The quantitative estimate of drug-likeness (QED) is 0.0422. The van der Waals surface area contributed by atoms with E-state index >= 15 is 0 Å². The van der Waals surface area contributed by atoms with Gasteiger partial charge in [-0.1, -0.05) is 13.0 Å². The second kappa shape index (κ2) is 32.3. The number of esters is 11. The van der Waals surface area contributed by atoms with Gasteiger partial charge in [0.15, 0.2) is 67.7 Å². The van der Waals surface area contributed by atoms with Gasteiger partial charge in [0.1, 0.15) is 44.2 Å². The van der Waals surface area contributed by atoms with E-state index < -0.39 is 208 Å². The van der Waals surface area contributed by atoms with Gasteiger partial charge in [-0.15, -0.1) is 12.3 Å². The number of nitrogens with zero attached hydrogens (tertiary/aromatic N) is 1. The van der Waals surface area contributed by atoms with Crippen molar-refractivity contribution in [3.8, 4) is 12.3 Å². The molecule has 30 nitrogen and oxygen atoms in total. The second-order valence-corrected chi connectivity index (χ2v) is 20.1. The van der Waals surface area contributed by atoms with Crippen molar-refractivity contribution < 1.29 is 138 Å². The molecule has 0 bridgehead atoms. The molecule has 4 aliphatic rings. The summed E-state index contributed by atoms with van der Waals surface area (Å²) in [6.45, 7) is 13.5. The van der Waals surface area contributed by atoms with Crippen LogP contribution in [0.2, 0.25) is 0 Å². The van der Waals surface area contributed by atoms with Crippen LogP contribution in [0.1, 0.15) is 110 Å². The van der Waals surface area contributed by atoms with Gasteiger partial charge in [-0.2, -0.15) is 0 Å². The summed E-state index contributed by atoms with van der Waals surface area (Å²) in [6.07, 6.45) is -19.6. The van der Waals surface area contributed by atoms with Crippen molar-refractivity contribution in [2.45, 2.75) is 220 Å². The SMILES string of the molecule is C#CCCCO[C@@H]1OC(COC(C)=O)[C@@H](O[C@H]2OC(COC(C)=O)[C@@H](O[C@H]3OC(C)[C@@H](N(C(C)=O)[C@H]4C=C(COC(C)=O)[C@@H](OC(C)=O)[C@H](OC(C)=O)[C@H]4OC(C)=O)C(C)[C@@H]3OC(C)=O)C(OC(C)=O)[C@@H]2OC(C)=O)C(OC(C)=O)[C@@H]1OC(C)=O. The molecule has 0 saturated carbocycles. The van der Waals surface area contributed by atoms with Crippen molar-refractivity contribution in [1.82, 2.24) is 4.90 Å². The Morgan fingerprint density at radius 3 is 1.31 bits per heavy atom. The van der Waals surface area contributed by atoms with Crippen LogP contribution in [0.25, 0.3) is 0 Å². The maximum atomic E-state index is 14.3. The molecule has 0 aromatic heterocycles. The zero-order valence-electron chi connectivity index (χ0n) is 49.7. The second-order valence-electron chi connectivity index (χ2n) is 20.1. The lowest BCUT2D eigenvalue weighted by atomic mass is 9.82. The Labute approximate surface area is 489 Å². The lowest BCUT2D eigenvalue weighted by Gasteiger charge is -2.53. The summed E-state index contributed by atoms with van der Waals surface area (Å²) in [7, 11) is 0. The number of terminal acetylenes is 1. The van der Waals surface area contributed by atoms with Gasteiger partial charge in [-0.25, -0.2) is 0 Å². The maximum absolute atomic E-state index is 14.3. The van der Waals surface area contributed by atoms with Crippen molar-refractivity contribution in [2.75, 3.05) is 26.4 Å². The van der Waals surface area contributed by atoms with Crippen LogP contribution in [0.3, 0.4) is 0 Å². The molecule has 85 heavy (non-hydrogen) atoms. The van der Waals surface area contributed by atoms with Crippen molar-refractivity contribution in [3.63, 3.8) is 0 Å². The summed E-state index contributed by atoms with van der Waals surface area (Å²) in [5.74, 6) is -9.49. The van der Waals surface area contributed by atoms with Crippen LogP contribution in [0.4, 0.5) is 0 Å². The summed E-state index contributed by atoms with van der Waals surface area (Å²) in [4.78, 5) is 156. The third-order valence-electron chi connectivity index (χ3n) is 13.1. The highest BCUT2D eigenvalue weighted by Crippen LogP contribution is 2.41. The molecule has 0 spiro atoms. The first-order valence-corrected chi connectivity index (χ1v) is 26.9. The normalized spacial score (nSPS) is 31.5. The number of carbonyl (C=O) groups excluding carboxylic acids is 12. The predicted octanol–water partition coefficient (Wildman–Crippen LogP) is 0.686. The van der Waals surface area contributed by atoms with Gasteiger partial charge < -0.3 is 85.4 Å². The van der Waals surface area contributed by atoms with E-state index in [1.807, 2.05) is 0 Å². The zero-order valence-corrected chi connectivity index (χ0v) is 49.7. The van der Waals surface area contributed by atoms with E-state index in [4.69, 9.17) is 87.0 Å². The predicted molar refractivity (Wildman–Crippen MR) is 277 cm³/mol. The van der Waals surface area contributed by atoms with Crippen molar-refractivity contribution in [3.05, 3.63) is 11.6 Å². The largest absolute Gasteiger partial charge is 0.463 e. The number of hydrogen-bond acceptors (Lipinski definition) is 29. The summed E-state index contributed by atoms with van der Waals surface area (Å²) in [5, 5.41) is 0. The molecule has 6 unspecified atom stereocenters. The Hall–Kier alpha value is -7.30. The first-order chi connectivity index (χ1) is 39.8. The molecule has 3 heterocycles. The van der Waals surface area contributed by atoms with Crippen LogP contribution >= 0.6 is 0 Å². The molecule has 3 fully saturated rings. The van der Waals surface area contributed by atoms with Gasteiger partial charge in [-0.05, 0) is 13.3 Å². The average Bonchev–Trinajstić information content (AvgIpc) is 1.69. The molecule has 1 amide bonds. The van der Waals surface area contributed by atoms with Gasteiger partial charge >= 0.3 is 65.7 Å². The van der Waals surface area contributed by atoms with Crippen molar-refractivity contribution in [1.29, 1.82) is 0 Å². The van der Waals surface area contributed by atoms with E-state index in [1.165, 1.54) is 24.8 Å². The lowest BCUT2D eigenvalue weighted by molar-refractivity contribution is -0.376. The molecule has 3 aliphatic heterocycles. The zero-order chi connectivity index (χ0) is 63.7. The highest BCUT2D eigenvalue weighted by Gasteiger charge is 2.60. The number of amides is 1. The highest BCUT2D eigenvalue weighted by molar-refractivity contribution is 5.76. The number of ether oxygens (including phenoxy) is 17. The number of rotatable bonds is 24. The van der Waals surface area contributed by atoms with E-state index in [9.17, 15) is 57.5 Å². The summed E-state index contributed by atoms with van der Waals surface area (Å²) in [6, 6.07) is -2.71. The van der Waals surface area contributed by atoms with Crippen molar-refractivity contribution >= 4 is 71.6 Å². The van der Waals surface area contributed by atoms with E-state index in [-0.39, 0.29) is 18.6 Å². The Bertz CT molecular complexity index is 2520. The van der Waals surface area contributed by atoms with Crippen molar-refractivity contribution in [2.24, 2.45) is 5.92 Å². The first-order valence-electron chi connectivity index (χ1n) is 26.9. The Kier molecular flexibility index (Phi) is 26.6. The summed E-state index contributed by atoms with van der Waals surface area (Å²) < 4.78 is 100. The molecule has 0 N–H and O–H groups in total. The van der Waals surface area contributed by atoms with E-state index in [0.717, 1.165) is 83.1 Å². The molecule has 30 heteroatoms. The molecule has 1 aliphatic carbocycles. The van der Waals surface area contributed by atoms with Crippen LogP contribution in [-0.4, -0.2) is 213 Å². The van der Waals surface area contributed by atoms with Crippen LogP contribution < -0.4 is 0 Å². The van der Waals surface area contributed by atoms with E-state index in [1.54, 1.807) is 0 Å². The van der Waals surface area contributed by atoms with E-state index in [0.29, 0.717) is 6.42 Å². The molecule has 4 rings (SSSR count). The van der Waals surface area contributed by atoms with Crippen LogP contribution in [-0.2, 0) is 138 Å².